The standard InChI is InChI=1S/C8H9ClFNO/c1-5(9)6-3-4-7(12-2)11-8(6)10/h3-5H,1-2H3. The van der Waals surface area contributed by atoms with Gasteiger partial charge in [-0.05, 0) is 13.0 Å². The van der Waals surface area contributed by atoms with Gasteiger partial charge in [0.15, 0.2) is 0 Å². The van der Waals surface area contributed by atoms with Gasteiger partial charge >= 0.3 is 0 Å². The van der Waals surface area contributed by atoms with E-state index in [4.69, 9.17) is 16.3 Å². The summed E-state index contributed by atoms with van der Waals surface area (Å²) in [6.07, 6.45) is 0. The van der Waals surface area contributed by atoms with Gasteiger partial charge in [0.25, 0.3) is 0 Å². The Morgan fingerprint density at radius 2 is 2.25 bits per heavy atom. The summed E-state index contributed by atoms with van der Waals surface area (Å²) in [6, 6.07) is 3.15. The summed E-state index contributed by atoms with van der Waals surface area (Å²) in [5, 5.41) is -0.372. The number of alkyl halides is 1. The normalized spacial score (nSPS) is 12.7. The molecule has 0 saturated heterocycles. The first-order valence-electron chi connectivity index (χ1n) is 3.49. The lowest BCUT2D eigenvalue weighted by Crippen LogP contribution is -1.96. The molecular formula is C8H9ClFNO. The van der Waals surface area contributed by atoms with Crippen molar-refractivity contribution in [1.82, 2.24) is 4.98 Å². The van der Waals surface area contributed by atoms with E-state index in [1.165, 1.54) is 7.11 Å². The Morgan fingerprint density at radius 3 is 2.67 bits per heavy atom. The van der Waals surface area contributed by atoms with Crippen LogP contribution in [0.15, 0.2) is 12.1 Å². The second-order valence-electron chi connectivity index (χ2n) is 2.35. The molecule has 1 unspecified atom stereocenters. The third-order valence-corrected chi connectivity index (χ3v) is 1.72. The maximum atomic E-state index is 13.0. The number of hydrogen-bond donors (Lipinski definition) is 0. The molecular weight excluding hydrogens is 181 g/mol. The Morgan fingerprint density at radius 1 is 1.58 bits per heavy atom. The van der Waals surface area contributed by atoms with Crippen molar-refractivity contribution >= 4 is 11.6 Å². The molecule has 1 aromatic rings. The zero-order chi connectivity index (χ0) is 9.14. The van der Waals surface area contributed by atoms with Crippen molar-refractivity contribution < 1.29 is 9.13 Å². The van der Waals surface area contributed by atoms with Crippen LogP contribution < -0.4 is 4.74 Å². The molecule has 12 heavy (non-hydrogen) atoms. The van der Waals surface area contributed by atoms with Gasteiger partial charge in [0.05, 0.1) is 12.5 Å². The molecule has 66 valence electrons. The number of nitrogens with zero attached hydrogens (tertiary/aromatic N) is 1. The molecule has 0 fully saturated rings. The maximum Gasteiger partial charge on any atom is 0.220 e. The van der Waals surface area contributed by atoms with Crippen LogP contribution in [0.3, 0.4) is 0 Å². The Bertz CT molecular complexity index is 278. The lowest BCUT2D eigenvalue weighted by Gasteiger charge is -2.05. The summed E-state index contributed by atoms with van der Waals surface area (Å²) in [4.78, 5) is 3.54. The molecule has 0 aliphatic rings. The highest BCUT2D eigenvalue weighted by molar-refractivity contribution is 6.20. The molecule has 1 rings (SSSR count). The van der Waals surface area contributed by atoms with Crippen LogP contribution in [-0.2, 0) is 0 Å². The lowest BCUT2D eigenvalue weighted by molar-refractivity contribution is 0.386. The fourth-order valence-corrected chi connectivity index (χ4v) is 1.00. The molecule has 0 amide bonds. The smallest absolute Gasteiger partial charge is 0.220 e. The van der Waals surface area contributed by atoms with Crippen LogP contribution in [0, 0.1) is 5.95 Å². The van der Waals surface area contributed by atoms with Gasteiger partial charge in [0.1, 0.15) is 0 Å². The Balaban J connectivity index is 3.03. The van der Waals surface area contributed by atoms with Crippen LogP contribution in [0.2, 0.25) is 0 Å². The third-order valence-electron chi connectivity index (χ3n) is 1.49. The van der Waals surface area contributed by atoms with Gasteiger partial charge < -0.3 is 4.74 Å². The average Bonchev–Trinajstić information content (AvgIpc) is 2.03. The van der Waals surface area contributed by atoms with Gasteiger partial charge in [-0.3, -0.25) is 0 Å². The van der Waals surface area contributed by atoms with E-state index in [0.717, 1.165) is 0 Å². The third kappa shape index (κ3) is 1.85. The van der Waals surface area contributed by atoms with Crippen molar-refractivity contribution in [2.75, 3.05) is 7.11 Å². The molecule has 0 radical (unpaired) electrons. The quantitative estimate of drug-likeness (QED) is 0.527. The summed E-state index contributed by atoms with van der Waals surface area (Å²) in [5.74, 6) is -0.314. The van der Waals surface area contributed by atoms with Gasteiger partial charge in [-0.2, -0.15) is 9.37 Å². The number of pyridine rings is 1. The highest BCUT2D eigenvalue weighted by Crippen LogP contribution is 2.22. The molecule has 1 atom stereocenters. The molecule has 0 bridgehead atoms. The van der Waals surface area contributed by atoms with Gasteiger partial charge in [0, 0.05) is 11.6 Å². The second kappa shape index (κ2) is 3.72. The number of aromatic nitrogens is 1. The predicted octanol–water partition coefficient (Wildman–Crippen LogP) is 2.53. The average molecular weight is 190 g/mol. The first-order chi connectivity index (χ1) is 5.65. The summed E-state index contributed by atoms with van der Waals surface area (Å²) in [7, 11) is 1.44. The van der Waals surface area contributed by atoms with Crippen LogP contribution in [0.1, 0.15) is 17.9 Å². The number of ether oxygens (including phenoxy) is 1. The van der Waals surface area contributed by atoms with E-state index in [1.807, 2.05) is 0 Å². The topological polar surface area (TPSA) is 22.1 Å². The van der Waals surface area contributed by atoms with E-state index in [-0.39, 0.29) is 11.3 Å². The minimum atomic E-state index is -0.572. The van der Waals surface area contributed by atoms with E-state index in [2.05, 4.69) is 4.98 Å². The highest BCUT2D eigenvalue weighted by atomic mass is 35.5. The van der Waals surface area contributed by atoms with E-state index in [1.54, 1.807) is 19.1 Å². The van der Waals surface area contributed by atoms with Gasteiger partial charge in [-0.1, -0.05) is 0 Å². The van der Waals surface area contributed by atoms with Crippen LogP contribution in [0.25, 0.3) is 0 Å². The molecule has 0 aromatic carbocycles. The molecule has 0 N–H and O–H groups in total. The molecule has 0 spiro atoms. The molecule has 1 aromatic heterocycles. The number of rotatable bonds is 2. The van der Waals surface area contributed by atoms with Gasteiger partial charge in [-0.25, -0.2) is 0 Å². The minimum absolute atomic E-state index is 0.258. The first kappa shape index (κ1) is 9.26. The Hall–Kier alpha value is -0.830. The number of methoxy groups -OCH3 is 1. The summed E-state index contributed by atoms with van der Waals surface area (Å²) in [5.41, 5.74) is 0.387. The monoisotopic (exact) mass is 189 g/mol. The molecule has 2 nitrogen and oxygen atoms in total. The minimum Gasteiger partial charge on any atom is -0.481 e. The highest BCUT2D eigenvalue weighted by Gasteiger charge is 2.09. The SMILES string of the molecule is COc1ccc(C(C)Cl)c(F)n1. The zero-order valence-electron chi connectivity index (χ0n) is 6.84. The Kier molecular flexibility index (Phi) is 2.87. The zero-order valence-corrected chi connectivity index (χ0v) is 7.60. The van der Waals surface area contributed by atoms with Crippen molar-refractivity contribution in [3.63, 3.8) is 0 Å². The van der Waals surface area contributed by atoms with Crippen LogP contribution in [0.5, 0.6) is 5.88 Å². The van der Waals surface area contributed by atoms with E-state index < -0.39 is 5.95 Å². The molecule has 1 heterocycles. The van der Waals surface area contributed by atoms with Gasteiger partial charge in [0.2, 0.25) is 11.8 Å². The van der Waals surface area contributed by atoms with E-state index >= 15 is 0 Å². The van der Waals surface area contributed by atoms with Crippen LogP contribution in [-0.4, -0.2) is 12.1 Å². The molecule has 0 aliphatic carbocycles. The number of halogens is 2. The van der Waals surface area contributed by atoms with E-state index in [9.17, 15) is 4.39 Å². The predicted molar refractivity (Wildman–Crippen MR) is 45.0 cm³/mol. The first-order valence-corrected chi connectivity index (χ1v) is 3.93. The van der Waals surface area contributed by atoms with Crippen molar-refractivity contribution in [1.29, 1.82) is 0 Å². The van der Waals surface area contributed by atoms with E-state index in [0.29, 0.717) is 5.56 Å². The Labute approximate surface area is 75.3 Å². The molecule has 4 heteroatoms. The fraction of sp³-hybridized carbons (Fsp3) is 0.375. The largest absolute Gasteiger partial charge is 0.481 e. The van der Waals surface area contributed by atoms with Crippen LogP contribution in [0.4, 0.5) is 4.39 Å². The second-order valence-corrected chi connectivity index (χ2v) is 3.00. The molecule has 0 saturated carbocycles. The number of hydrogen-bond acceptors (Lipinski definition) is 2. The van der Waals surface area contributed by atoms with Crippen molar-refractivity contribution in [3.8, 4) is 5.88 Å². The fourth-order valence-electron chi connectivity index (χ4n) is 0.839. The van der Waals surface area contributed by atoms with Crippen molar-refractivity contribution in [2.24, 2.45) is 0 Å². The summed E-state index contributed by atoms with van der Waals surface area (Å²) in [6.45, 7) is 1.69. The van der Waals surface area contributed by atoms with Crippen molar-refractivity contribution in [2.45, 2.75) is 12.3 Å². The summed E-state index contributed by atoms with van der Waals surface area (Å²) >= 11 is 5.68. The lowest BCUT2D eigenvalue weighted by atomic mass is 10.2. The van der Waals surface area contributed by atoms with Crippen molar-refractivity contribution in [3.05, 3.63) is 23.6 Å². The summed E-state index contributed by atoms with van der Waals surface area (Å²) < 4.78 is 17.7. The molecule has 0 aliphatic heterocycles. The van der Waals surface area contributed by atoms with Crippen LogP contribution >= 0.6 is 11.6 Å². The maximum absolute atomic E-state index is 13.0. The van der Waals surface area contributed by atoms with Gasteiger partial charge in [-0.15, -0.1) is 11.6 Å².